The van der Waals surface area contributed by atoms with Crippen molar-refractivity contribution in [2.24, 2.45) is 5.41 Å². The summed E-state index contributed by atoms with van der Waals surface area (Å²) in [5, 5.41) is 0. The van der Waals surface area contributed by atoms with E-state index in [9.17, 15) is 4.79 Å². The molecule has 2 aromatic rings. The van der Waals surface area contributed by atoms with Crippen molar-refractivity contribution in [1.29, 1.82) is 0 Å². The smallest absolute Gasteiger partial charge is 0.126 e. The Morgan fingerprint density at radius 2 is 1.88 bits per heavy atom. The Morgan fingerprint density at radius 1 is 1.21 bits per heavy atom. The monoisotopic (exact) mass is 343 g/mol. The van der Waals surface area contributed by atoms with Gasteiger partial charge in [0.2, 0.25) is 0 Å². The van der Waals surface area contributed by atoms with Crippen LogP contribution in [-0.2, 0) is 11.2 Å². The molecule has 0 saturated carbocycles. The van der Waals surface area contributed by atoms with Gasteiger partial charge in [-0.15, -0.1) is 0 Å². The van der Waals surface area contributed by atoms with Crippen molar-refractivity contribution in [3.8, 4) is 5.75 Å². The summed E-state index contributed by atoms with van der Waals surface area (Å²) < 4.78 is 5.21. The lowest BCUT2D eigenvalue weighted by Crippen LogP contribution is -2.17. The molecule has 0 aliphatic rings. The molecule has 4 heteroatoms. The molecule has 0 amide bonds. The molecule has 24 heavy (non-hydrogen) atoms. The van der Waals surface area contributed by atoms with E-state index in [0.717, 1.165) is 29.9 Å². The summed E-state index contributed by atoms with van der Waals surface area (Å²) >= 11 is 0. The van der Waals surface area contributed by atoms with Crippen LogP contribution < -0.4 is 10.5 Å². The summed E-state index contributed by atoms with van der Waals surface area (Å²) in [6.07, 6.45) is 1.80. The minimum absolute atomic E-state index is 0.264. The second-order valence-corrected chi connectivity index (χ2v) is 8.35. The molecule has 0 heterocycles. The van der Waals surface area contributed by atoms with Crippen LogP contribution in [0.2, 0.25) is 0 Å². The standard InChI is InChI=1S/C20H25NO2S/c1-20(2,13-22)14-24(4)19-10-7-17(21)12-16(19)11-15-5-8-18(23-3)9-6-15/h5-10,12-13H,4,11,14,21H2,1-3H3. The first-order chi connectivity index (χ1) is 11.3. The summed E-state index contributed by atoms with van der Waals surface area (Å²) in [7, 11) is 1.40. The highest BCUT2D eigenvalue weighted by molar-refractivity contribution is 8.14. The van der Waals surface area contributed by atoms with E-state index in [1.54, 1.807) is 7.11 Å². The molecule has 0 aliphatic heterocycles. The predicted molar refractivity (Wildman–Crippen MR) is 104 cm³/mol. The second kappa shape index (κ2) is 7.67. The van der Waals surface area contributed by atoms with Crippen LogP contribution in [0.5, 0.6) is 5.75 Å². The van der Waals surface area contributed by atoms with Gasteiger partial charge in [0.1, 0.15) is 12.0 Å². The number of carbonyl (C=O) groups is 1. The molecule has 0 saturated heterocycles. The molecular formula is C20H25NO2S. The third kappa shape index (κ3) is 4.71. The molecule has 0 fully saturated rings. The van der Waals surface area contributed by atoms with Crippen molar-refractivity contribution in [2.45, 2.75) is 25.2 Å². The molecule has 0 aromatic heterocycles. The Morgan fingerprint density at radius 3 is 2.46 bits per heavy atom. The van der Waals surface area contributed by atoms with Crippen LogP contribution in [0.15, 0.2) is 47.4 Å². The molecule has 1 atom stereocenters. The maximum Gasteiger partial charge on any atom is 0.126 e. The maximum absolute atomic E-state index is 11.2. The zero-order chi connectivity index (χ0) is 17.7. The predicted octanol–water partition coefficient (Wildman–Crippen LogP) is 4.15. The average Bonchev–Trinajstić information content (AvgIpc) is 2.55. The Labute approximate surface area is 146 Å². The van der Waals surface area contributed by atoms with Gasteiger partial charge in [-0.1, -0.05) is 31.9 Å². The maximum atomic E-state index is 11.2. The van der Waals surface area contributed by atoms with Gasteiger partial charge < -0.3 is 15.3 Å². The number of hydrogen-bond acceptors (Lipinski definition) is 3. The summed E-state index contributed by atoms with van der Waals surface area (Å²) in [5.41, 5.74) is 8.72. The SMILES string of the molecule is C=S(CC(C)(C)C=O)c1ccc(N)cc1Cc1ccc(OC)cc1. The highest BCUT2D eigenvalue weighted by Gasteiger charge is 2.19. The van der Waals surface area contributed by atoms with Crippen LogP contribution in [-0.4, -0.2) is 25.0 Å². The quantitative estimate of drug-likeness (QED) is 0.467. The van der Waals surface area contributed by atoms with E-state index in [1.807, 2.05) is 44.2 Å². The van der Waals surface area contributed by atoms with Crippen molar-refractivity contribution in [2.75, 3.05) is 18.6 Å². The Kier molecular flexibility index (Phi) is 5.84. The number of benzene rings is 2. The van der Waals surface area contributed by atoms with E-state index in [4.69, 9.17) is 10.5 Å². The van der Waals surface area contributed by atoms with Crippen molar-refractivity contribution in [3.05, 3.63) is 53.6 Å². The minimum Gasteiger partial charge on any atom is -0.497 e. The summed E-state index contributed by atoms with van der Waals surface area (Å²) in [5.74, 6) is 5.88. The summed E-state index contributed by atoms with van der Waals surface area (Å²) in [6.45, 7) is 3.90. The first-order valence-corrected chi connectivity index (χ1v) is 9.39. The zero-order valence-corrected chi connectivity index (χ0v) is 15.4. The molecule has 1 unspecified atom stereocenters. The largest absolute Gasteiger partial charge is 0.497 e. The highest BCUT2D eigenvalue weighted by atomic mass is 32.2. The second-order valence-electron chi connectivity index (χ2n) is 6.64. The van der Waals surface area contributed by atoms with Gasteiger partial charge in [0, 0.05) is 21.8 Å². The van der Waals surface area contributed by atoms with Crippen LogP contribution in [0.3, 0.4) is 0 Å². The number of anilines is 1. The number of aldehydes is 1. The molecule has 0 radical (unpaired) electrons. The van der Waals surface area contributed by atoms with Gasteiger partial charge in [0.25, 0.3) is 0 Å². The minimum atomic E-state index is -0.371. The fourth-order valence-corrected chi connectivity index (χ4v) is 4.43. The summed E-state index contributed by atoms with van der Waals surface area (Å²) in [6, 6.07) is 14.0. The number of carbonyl (C=O) groups excluding carboxylic acids is 1. The molecule has 0 spiro atoms. The third-order valence-electron chi connectivity index (χ3n) is 3.81. The highest BCUT2D eigenvalue weighted by Crippen LogP contribution is 2.35. The lowest BCUT2D eigenvalue weighted by molar-refractivity contribution is -0.113. The van der Waals surface area contributed by atoms with Gasteiger partial charge in [0.15, 0.2) is 0 Å². The van der Waals surface area contributed by atoms with Crippen molar-refractivity contribution < 1.29 is 9.53 Å². The Hall–Kier alpha value is -2.07. The molecule has 2 aromatic carbocycles. The first kappa shape index (κ1) is 18.3. The zero-order valence-electron chi connectivity index (χ0n) is 14.5. The van der Waals surface area contributed by atoms with Gasteiger partial charge in [-0.2, -0.15) is 10.5 Å². The van der Waals surface area contributed by atoms with Crippen LogP contribution >= 0.6 is 10.5 Å². The number of hydrogen-bond donors (Lipinski definition) is 1. The van der Waals surface area contributed by atoms with Gasteiger partial charge in [-0.05, 0) is 47.9 Å². The van der Waals surface area contributed by atoms with Crippen molar-refractivity contribution in [3.63, 3.8) is 0 Å². The Bertz CT molecular complexity index is 736. The van der Waals surface area contributed by atoms with Gasteiger partial charge in [0.05, 0.1) is 7.11 Å². The van der Waals surface area contributed by atoms with Crippen molar-refractivity contribution in [1.82, 2.24) is 0 Å². The van der Waals surface area contributed by atoms with E-state index in [0.29, 0.717) is 0 Å². The third-order valence-corrected chi connectivity index (χ3v) is 5.93. The topological polar surface area (TPSA) is 52.3 Å². The average molecular weight is 343 g/mol. The number of nitrogens with two attached hydrogens (primary N) is 1. The van der Waals surface area contributed by atoms with Gasteiger partial charge in [-0.25, -0.2) is 0 Å². The van der Waals surface area contributed by atoms with E-state index < -0.39 is 0 Å². The molecule has 0 bridgehead atoms. The van der Waals surface area contributed by atoms with Crippen LogP contribution in [0.1, 0.15) is 25.0 Å². The number of ether oxygens (including phenoxy) is 1. The van der Waals surface area contributed by atoms with Gasteiger partial charge >= 0.3 is 0 Å². The number of rotatable bonds is 7. The molecule has 0 aliphatic carbocycles. The lowest BCUT2D eigenvalue weighted by atomic mass is 10.00. The van der Waals surface area contributed by atoms with E-state index in [-0.39, 0.29) is 15.9 Å². The van der Waals surface area contributed by atoms with E-state index >= 15 is 0 Å². The summed E-state index contributed by atoms with van der Waals surface area (Å²) in [4.78, 5) is 12.4. The fraction of sp³-hybridized carbons (Fsp3) is 0.300. The van der Waals surface area contributed by atoms with Crippen LogP contribution in [0.4, 0.5) is 5.69 Å². The fourth-order valence-electron chi connectivity index (χ4n) is 2.54. The molecule has 3 nitrogen and oxygen atoms in total. The normalized spacial score (nSPS) is 12.6. The Balaban J connectivity index is 2.29. The number of nitrogen functional groups attached to an aromatic ring is 1. The van der Waals surface area contributed by atoms with Crippen LogP contribution in [0.25, 0.3) is 0 Å². The molecule has 2 N–H and O–H groups in total. The lowest BCUT2D eigenvalue weighted by Gasteiger charge is -2.21. The molecule has 128 valence electrons. The van der Waals surface area contributed by atoms with E-state index in [2.05, 4.69) is 18.0 Å². The van der Waals surface area contributed by atoms with Gasteiger partial charge in [-0.3, -0.25) is 0 Å². The first-order valence-electron chi connectivity index (χ1n) is 7.83. The van der Waals surface area contributed by atoms with E-state index in [1.165, 1.54) is 16.0 Å². The number of methoxy groups -OCH3 is 1. The molecular weight excluding hydrogens is 318 g/mol. The van der Waals surface area contributed by atoms with Crippen molar-refractivity contribution >= 4 is 28.3 Å². The molecule has 2 rings (SSSR count). The van der Waals surface area contributed by atoms with Crippen LogP contribution in [0, 0.1) is 5.41 Å².